The number of thioether (sulfide) groups is 1. The third-order valence-corrected chi connectivity index (χ3v) is 4.03. The molecule has 0 saturated carbocycles. The van der Waals surface area contributed by atoms with Gasteiger partial charge in [0.1, 0.15) is 0 Å². The van der Waals surface area contributed by atoms with E-state index < -0.39 is 0 Å². The molecule has 7 heteroatoms. The number of hydrogen-bond acceptors (Lipinski definition) is 4. The fourth-order valence-corrected chi connectivity index (χ4v) is 3.06. The van der Waals surface area contributed by atoms with Crippen molar-refractivity contribution in [1.29, 1.82) is 0 Å². The Morgan fingerprint density at radius 1 is 1.42 bits per heavy atom. The van der Waals surface area contributed by atoms with Gasteiger partial charge in [-0.25, -0.2) is 9.67 Å². The number of aromatic nitrogens is 3. The predicted molar refractivity (Wildman–Crippen MR) is 80.8 cm³/mol. The van der Waals surface area contributed by atoms with E-state index in [0.717, 1.165) is 28.5 Å². The van der Waals surface area contributed by atoms with Gasteiger partial charge in [0.2, 0.25) is 0 Å². The molecule has 0 radical (unpaired) electrons. The van der Waals surface area contributed by atoms with Gasteiger partial charge < -0.3 is 4.90 Å². The second-order valence-corrected chi connectivity index (χ2v) is 5.45. The van der Waals surface area contributed by atoms with Crippen LogP contribution in [0, 0.1) is 0 Å². The molecule has 2 aromatic rings. The van der Waals surface area contributed by atoms with Crippen molar-refractivity contribution in [3.05, 3.63) is 39.9 Å². The third-order valence-electron chi connectivity index (χ3n) is 3.04. The third kappa shape index (κ3) is 2.37. The Bertz CT molecular complexity index is 649. The number of rotatable bonds is 2. The van der Waals surface area contributed by atoms with Crippen LogP contribution >= 0.6 is 24.2 Å². The molecule has 102 valence electrons. The molecule has 0 fully saturated rings. The van der Waals surface area contributed by atoms with Gasteiger partial charge in [-0.05, 0) is 6.07 Å². The van der Waals surface area contributed by atoms with Crippen molar-refractivity contribution in [2.45, 2.75) is 11.5 Å². The van der Waals surface area contributed by atoms with Crippen LogP contribution in [0.2, 0.25) is 0 Å². The Balaban J connectivity index is 0.00000133. The van der Waals surface area contributed by atoms with Crippen LogP contribution in [0.1, 0.15) is 11.3 Å². The van der Waals surface area contributed by atoms with Gasteiger partial charge in [0.05, 0.1) is 11.3 Å². The van der Waals surface area contributed by atoms with Crippen LogP contribution in [-0.2, 0) is 11.5 Å². The van der Waals surface area contributed by atoms with Crippen molar-refractivity contribution in [1.82, 2.24) is 14.8 Å². The summed E-state index contributed by atoms with van der Waals surface area (Å²) in [6, 6.07) is 3.82. The van der Waals surface area contributed by atoms with Crippen molar-refractivity contribution in [3.8, 4) is 5.82 Å². The Hall–Kier alpha value is -1.40. The number of pyridine rings is 1. The molecule has 0 bridgehead atoms. The van der Waals surface area contributed by atoms with E-state index >= 15 is 0 Å². The minimum atomic E-state index is 0. The SMILES string of the molecule is CN(C)c1ccnc(-n2[nH]c3c(c2=O)CSC3)c1.Cl. The van der Waals surface area contributed by atoms with Gasteiger partial charge in [0.15, 0.2) is 5.82 Å². The average molecular weight is 299 g/mol. The maximum atomic E-state index is 12.2. The Morgan fingerprint density at radius 3 is 2.89 bits per heavy atom. The number of anilines is 1. The summed E-state index contributed by atoms with van der Waals surface area (Å²) in [7, 11) is 3.93. The van der Waals surface area contributed by atoms with Crippen LogP contribution in [0.15, 0.2) is 23.1 Å². The summed E-state index contributed by atoms with van der Waals surface area (Å²) in [6.45, 7) is 0. The quantitative estimate of drug-likeness (QED) is 0.918. The number of nitrogens with zero attached hydrogens (tertiary/aromatic N) is 3. The topological polar surface area (TPSA) is 53.9 Å². The molecule has 0 aliphatic carbocycles. The molecule has 2 aromatic heterocycles. The second kappa shape index (κ2) is 5.30. The van der Waals surface area contributed by atoms with Gasteiger partial charge in [-0.2, -0.15) is 11.8 Å². The smallest absolute Gasteiger partial charge is 0.276 e. The predicted octanol–water partition coefficient (Wildman–Crippen LogP) is 1.80. The van der Waals surface area contributed by atoms with E-state index in [-0.39, 0.29) is 18.0 Å². The first kappa shape index (κ1) is 14.0. The molecule has 3 heterocycles. The van der Waals surface area contributed by atoms with E-state index in [1.807, 2.05) is 31.1 Å². The molecule has 0 aromatic carbocycles. The molecule has 0 atom stereocenters. The van der Waals surface area contributed by atoms with Crippen LogP contribution < -0.4 is 10.5 Å². The van der Waals surface area contributed by atoms with Crippen LogP contribution in [-0.4, -0.2) is 28.9 Å². The van der Waals surface area contributed by atoms with E-state index in [9.17, 15) is 4.79 Å². The number of aromatic amines is 1. The van der Waals surface area contributed by atoms with Gasteiger partial charge in [0, 0.05) is 43.6 Å². The van der Waals surface area contributed by atoms with Crippen molar-refractivity contribution in [2.75, 3.05) is 19.0 Å². The number of halogens is 1. The lowest BCUT2D eigenvalue weighted by molar-refractivity contribution is 0.803. The van der Waals surface area contributed by atoms with Crippen LogP contribution in [0.4, 0.5) is 5.69 Å². The van der Waals surface area contributed by atoms with E-state index in [4.69, 9.17) is 0 Å². The number of hydrogen-bond donors (Lipinski definition) is 1. The molecule has 0 unspecified atom stereocenters. The molecule has 1 aliphatic rings. The first-order chi connectivity index (χ1) is 8.66. The Morgan fingerprint density at radius 2 is 2.21 bits per heavy atom. The van der Waals surface area contributed by atoms with Crippen LogP contribution in [0.5, 0.6) is 0 Å². The molecule has 3 rings (SSSR count). The zero-order chi connectivity index (χ0) is 12.7. The first-order valence-electron chi connectivity index (χ1n) is 5.71. The summed E-state index contributed by atoms with van der Waals surface area (Å²) in [5.41, 5.74) is 2.97. The van der Waals surface area contributed by atoms with Crippen molar-refractivity contribution in [2.24, 2.45) is 0 Å². The molecule has 19 heavy (non-hydrogen) atoms. The zero-order valence-corrected chi connectivity index (χ0v) is 12.3. The highest BCUT2D eigenvalue weighted by Crippen LogP contribution is 2.26. The van der Waals surface area contributed by atoms with E-state index in [2.05, 4.69) is 10.1 Å². The lowest BCUT2D eigenvalue weighted by Crippen LogP contribution is -2.18. The standard InChI is InChI=1S/C12H14N4OS.ClH/c1-15(2)8-3-4-13-11(5-8)16-12(17)9-6-18-7-10(9)14-16;/h3-5,14H,6-7H2,1-2H3;1H. The fraction of sp³-hybridized carbons (Fsp3) is 0.333. The van der Waals surface area contributed by atoms with Crippen LogP contribution in [0.25, 0.3) is 5.82 Å². The maximum Gasteiger partial charge on any atom is 0.276 e. The van der Waals surface area contributed by atoms with E-state index in [0.29, 0.717) is 5.82 Å². The summed E-state index contributed by atoms with van der Waals surface area (Å²) >= 11 is 1.76. The largest absolute Gasteiger partial charge is 0.378 e. The molecular formula is C12H15ClN4OS. The van der Waals surface area contributed by atoms with Gasteiger partial charge in [-0.3, -0.25) is 9.89 Å². The molecule has 0 spiro atoms. The average Bonchev–Trinajstić information content (AvgIpc) is 2.93. The lowest BCUT2D eigenvalue weighted by atomic mass is 10.3. The summed E-state index contributed by atoms with van der Waals surface area (Å²) in [5.74, 6) is 2.32. The lowest BCUT2D eigenvalue weighted by Gasteiger charge is -2.12. The highest BCUT2D eigenvalue weighted by Gasteiger charge is 2.20. The molecule has 5 nitrogen and oxygen atoms in total. The van der Waals surface area contributed by atoms with Gasteiger partial charge in [-0.1, -0.05) is 0 Å². The highest BCUT2D eigenvalue weighted by molar-refractivity contribution is 7.98. The molecule has 0 saturated heterocycles. The minimum absolute atomic E-state index is 0. The summed E-state index contributed by atoms with van der Waals surface area (Å²) < 4.78 is 1.54. The summed E-state index contributed by atoms with van der Waals surface area (Å²) in [4.78, 5) is 18.5. The Kier molecular flexibility index (Phi) is 3.91. The molecule has 1 N–H and O–H groups in total. The zero-order valence-electron chi connectivity index (χ0n) is 10.7. The highest BCUT2D eigenvalue weighted by atomic mass is 35.5. The normalized spacial score (nSPS) is 12.9. The number of fused-ring (bicyclic) bond motifs is 1. The first-order valence-corrected chi connectivity index (χ1v) is 6.86. The Labute approximate surface area is 121 Å². The van der Waals surface area contributed by atoms with Gasteiger partial charge in [0.25, 0.3) is 5.56 Å². The maximum absolute atomic E-state index is 12.2. The minimum Gasteiger partial charge on any atom is -0.378 e. The van der Waals surface area contributed by atoms with Crippen molar-refractivity contribution in [3.63, 3.8) is 0 Å². The second-order valence-electron chi connectivity index (χ2n) is 4.47. The molecule has 0 amide bonds. The molecule has 1 aliphatic heterocycles. The fourth-order valence-electron chi connectivity index (χ4n) is 2.01. The summed E-state index contributed by atoms with van der Waals surface area (Å²) in [6.07, 6.45) is 1.72. The van der Waals surface area contributed by atoms with E-state index in [1.54, 1.807) is 18.0 Å². The van der Waals surface area contributed by atoms with Crippen molar-refractivity contribution >= 4 is 29.9 Å². The van der Waals surface area contributed by atoms with Crippen molar-refractivity contribution < 1.29 is 0 Å². The van der Waals surface area contributed by atoms with Gasteiger partial charge in [-0.15, -0.1) is 12.4 Å². The number of H-pyrrole nitrogens is 1. The molecular weight excluding hydrogens is 284 g/mol. The van der Waals surface area contributed by atoms with E-state index in [1.165, 1.54) is 4.68 Å². The number of nitrogens with one attached hydrogen (secondary N) is 1. The van der Waals surface area contributed by atoms with Gasteiger partial charge >= 0.3 is 0 Å². The van der Waals surface area contributed by atoms with Crippen LogP contribution in [0.3, 0.4) is 0 Å². The summed E-state index contributed by atoms with van der Waals surface area (Å²) in [5, 5.41) is 3.15. The monoisotopic (exact) mass is 298 g/mol.